The number of likely N-dealkylation sites (tertiary alicyclic amines) is 1. The van der Waals surface area contributed by atoms with Crippen LogP contribution in [-0.2, 0) is 4.79 Å². The van der Waals surface area contributed by atoms with Gasteiger partial charge in [-0.3, -0.25) is 20.4 Å². The summed E-state index contributed by atoms with van der Waals surface area (Å²) in [5.41, 5.74) is 8.11. The lowest BCUT2D eigenvalue weighted by atomic mass is 9.96. The van der Waals surface area contributed by atoms with E-state index in [1.165, 1.54) is 13.3 Å². The summed E-state index contributed by atoms with van der Waals surface area (Å²) in [6, 6.07) is 7.43. The number of piperidine rings is 1. The summed E-state index contributed by atoms with van der Waals surface area (Å²) in [5, 5.41) is 0. The number of amides is 2. The average Bonchev–Trinajstić information content (AvgIpc) is 2.71. The van der Waals surface area contributed by atoms with E-state index in [1.54, 1.807) is 11.0 Å². The second-order valence-electron chi connectivity index (χ2n) is 7.00. The number of anilines is 1. The SMILES string of the molecule is COc1ccnc(NNC(=O)C2CCCN(C(=O)c3cc(C)cc(C)c3)C2)n1. The normalized spacial score (nSPS) is 16.4. The fourth-order valence-corrected chi connectivity index (χ4v) is 3.39. The van der Waals surface area contributed by atoms with Gasteiger partial charge < -0.3 is 9.64 Å². The van der Waals surface area contributed by atoms with Gasteiger partial charge in [0.25, 0.3) is 5.91 Å². The van der Waals surface area contributed by atoms with Gasteiger partial charge in [0.2, 0.25) is 17.7 Å². The van der Waals surface area contributed by atoms with Gasteiger partial charge in [-0.25, -0.2) is 4.98 Å². The van der Waals surface area contributed by atoms with Crippen LogP contribution in [0.2, 0.25) is 0 Å². The molecule has 148 valence electrons. The predicted molar refractivity (Wildman–Crippen MR) is 105 cm³/mol. The van der Waals surface area contributed by atoms with Gasteiger partial charge in [-0.1, -0.05) is 17.2 Å². The number of ether oxygens (including phenoxy) is 1. The van der Waals surface area contributed by atoms with E-state index in [0.29, 0.717) is 24.5 Å². The summed E-state index contributed by atoms with van der Waals surface area (Å²) in [4.78, 5) is 35.3. The Morgan fingerprint density at radius 2 is 1.96 bits per heavy atom. The average molecular weight is 383 g/mol. The Hall–Kier alpha value is -3.16. The summed E-state index contributed by atoms with van der Waals surface area (Å²) < 4.78 is 5.03. The molecule has 8 nitrogen and oxygen atoms in total. The third-order valence-electron chi connectivity index (χ3n) is 4.68. The zero-order valence-electron chi connectivity index (χ0n) is 16.4. The van der Waals surface area contributed by atoms with Crippen LogP contribution >= 0.6 is 0 Å². The van der Waals surface area contributed by atoms with Gasteiger partial charge >= 0.3 is 0 Å². The van der Waals surface area contributed by atoms with Crippen LogP contribution in [-0.4, -0.2) is 46.9 Å². The minimum Gasteiger partial charge on any atom is -0.481 e. The summed E-state index contributed by atoms with van der Waals surface area (Å²) in [6.07, 6.45) is 3.04. The highest BCUT2D eigenvalue weighted by Crippen LogP contribution is 2.20. The van der Waals surface area contributed by atoms with Crippen LogP contribution in [0.1, 0.15) is 34.3 Å². The second-order valence-corrected chi connectivity index (χ2v) is 7.00. The maximum Gasteiger partial charge on any atom is 0.253 e. The monoisotopic (exact) mass is 383 g/mol. The van der Waals surface area contributed by atoms with E-state index in [2.05, 4.69) is 20.8 Å². The zero-order chi connectivity index (χ0) is 20.1. The number of aryl methyl sites for hydroxylation is 2. The van der Waals surface area contributed by atoms with Crippen molar-refractivity contribution < 1.29 is 14.3 Å². The Morgan fingerprint density at radius 1 is 1.21 bits per heavy atom. The van der Waals surface area contributed by atoms with Crippen molar-refractivity contribution in [2.75, 3.05) is 25.6 Å². The fourth-order valence-electron chi connectivity index (χ4n) is 3.39. The minimum absolute atomic E-state index is 0.0339. The molecule has 0 radical (unpaired) electrons. The van der Waals surface area contributed by atoms with Crippen molar-refractivity contribution in [2.24, 2.45) is 5.92 Å². The van der Waals surface area contributed by atoms with E-state index in [4.69, 9.17) is 4.74 Å². The molecule has 1 aliphatic heterocycles. The zero-order valence-corrected chi connectivity index (χ0v) is 16.4. The van der Waals surface area contributed by atoms with Crippen molar-refractivity contribution in [1.29, 1.82) is 0 Å². The molecule has 1 atom stereocenters. The largest absolute Gasteiger partial charge is 0.481 e. The van der Waals surface area contributed by atoms with Crippen LogP contribution in [0.3, 0.4) is 0 Å². The Bertz CT molecular complexity index is 850. The van der Waals surface area contributed by atoms with Crippen LogP contribution < -0.4 is 15.6 Å². The van der Waals surface area contributed by atoms with Gasteiger partial charge in [0, 0.05) is 30.9 Å². The molecule has 2 amide bonds. The maximum absolute atomic E-state index is 12.9. The van der Waals surface area contributed by atoms with E-state index < -0.39 is 0 Å². The van der Waals surface area contributed by atoms with Crippen LogP contribution in [0, 0.1) is 19.8 Å². The Morgan fingerprint density at radius 3 is 2.68 bits per heavy atom. The molecule has 1 aliphatic rings. The highest BCUT2D eigenvalue weighted by atomic mass is 16.5. The molecule has 0 saturated carbocycles. The van der Waals surface area contributed by atoms with Gasteiger partial charge in [0.05, 0.1) is 13.0 Å². The van der Waals surface area contributed by atoms with Crippen LogP contribution in [0.15, 0.2) is 30.5 Å². The van der Waals surface area contributed by atoms with E-state index >= 15 is 0 Å². The lowest BCUT2D eigenvalue weighted by Gasteiger charge is -2.32. The molecule has 0 bridgehead atoms. The number of hydrogen-bond donors (Lipinski definition) is 2. The lowest BCUT2D eigenvalue weighted by molar-refractivity contribution is -0.125. The van der Waals surface area contributed by atoms with Crippen molar-refractivity contribution in [2.45, 2.75) is 26.7 Å². The molecule has 2 heterocycles. The molecule has 1 aromatic heterocycles. The van der Waals surface area contributed by atoms with Crippen LogP contribution in [0.5, 0.6) is 5.88 Å². The second kappa shape index (κ2) is 8.69. The van der Waals surface area contributed by atoms with Crippen LogP contribution in [0.4, 0.5) is 5.95 Å². The molecule has 3 rings (SSSR count). The first-order valence-electron chi connectivity index (χ1n) is 9.26. The van der Waals surface area contributed by atoms with Crippen molar-refractivity contribution in [3.63, 3.8) is 0 Å². The fraction of sp³-hybridized carbons (Fsp3) is 0.400. The molecule has 2 N–H and O–H groups in total. The molecule has 2 aromatic rings. The third-order valence-corrected chi connectivity index (χ3v) is 4.68. The minimum atomic E-state index is -0.290. The smallest absolute Gasteiger partial charge is 0.253 e. The Balaban J connectivity index is 1.60. The van der Waals surface area contributed by atoms with Crippen molar-refractivity contribution in [3.8, 4) is 5.88 Å². The number of rotatable bonds is 5. The van der Waals surface area contributed by atoms with Crippen LogP contribution in [0.25, 0.3) is 0 Å². The number of aromatic nitrogens is 2. The highest BCUT2D eigenvalue weighted by Gasteiger charge is 2.29. The molecule has 1 aromatic carbocycles. The molecule has 1 saturated heterocycles. The first-order valence-corrected chi connectivity index (χ1v) is 9.26. The van der Waals surface area contributed by atoms with Gasteiger partial charge in [-0.15, -0.1) is 0 Å². The molecular formula is C20H25N5O3. The number of carbonyl (C=O) groups is 2. The van der Waals surface area contributed by atoms with E-state index in [1.807, 2.05) is 32.0 Å². The molecule has 0 spiro atoms. The molecule has 1 unspecified atom stereocenters. The molecule has 1 fully saturated rings. The summed E-state index contributed by atoms with van der Waals surface area (Å²) in [6.45, 7) is 4.99. The number of carbonyl (C=O) groups excluding carboxylic acids is 2. The molecular weight excluding hydrogens is 358 g/mol. The van der Waals surface area contributed by atoms with Crippen molar-refractivity contribution in [1.82, 2.24) is 20.3 Å². The van der Waals surface area contributed by atoms with Crippen molar-refractivity contribution in [3.05, 3.63) is 47.2 Å². The molecule has 8 heteroatoms. The number of benzene rings is 1. The number of methoxy groups -OCH3 is 1. The van der Waals surface area contributed by atoms with Gasteiger partial charge in [-0.2, -0.15) is 4.98 Å². The quantitative estimate of drug-likeness (QED) is 0.768. The number of nitrogens with zero attached hydrogens (tertiary/aromatic N) is 3. The Kier molecular flexibility index (Phi) is 6.08. The van der Waals surface area contributed by atoms with Gasteiger partial charge in [-0.05, 0) is 38.8 Å². The predicted octanol–water partition coefficient (Wildman–Crippen LogP) is 2.10. The first-order chi connectivity index (χ1) is 13.5. The summed E-state index contributed by atoms with van der Waals surface area (Å²) in [5.74, 6) is 0.126. The topological polar surface area (TPSA) is 96.5 Å². The highest BCUT2D eigenvalue weighted by molar-refractivity contribution is 5.95. The molecule has 28 heavy (non-hydrogen) atoms. The standard InChI is InChI=1S/C20H25N5O3/c1-13-9-14(2)11-16(10-13)19(27)25-8-4-5-15(12-25)18(26)23-24-20-21-7-6-17(22-20)28-3/h6-7,9-11,15H,4-5,8,12H2,1-3H3,(H,23,26)(H,21,22,24). The van der Waals surface area contributed by atoms with E-state index in [9.17, 15) is 9.59 Å². The summed E-state index contributed by atoms with van der Waals surface area (Å²) in [7, 11) is 1.51. The first kappa shape index (κ1) is 19.6. The number of hydrazine groups is 1. The Labute approximate surface area is 164 Å². The van der Waals surface area contributed by atoms with Gasteiger partial charge in [0.15, 0.2) is 0 Å². The van der Waals surface area contributed by atoms with Gasteiger partial charge in [0.1, 0.15) is 0 Å². The molecule has 0 aliphatic carbocycles. The number of hydrogen-bond acceptors (Lipinski definition) is 6. The van der Waals surface area contributed by atoms with E-state index in [0.717, 1.165) is 24.0 Å². The summed E-state index contributed by atoms with van der Waals surface area (Å²) >= 11 is 0. The number of nitrogens with one attached hydrogen (secondary N) is 2. The lowest BCUT2D eigenvalue weighted by Crippen LogP contribution is -2.46. The van der Waals surface area contributed by atoms with E-state index in [-0.39, 0.29) is 23.7 Å². The van der Waals surface area contributed by atoms with Crippen molar-refractivity contribution >= 4 is 17.8 Å². The third kappa shape index (κ3) is 4.76. The maximum atomic E-state index is 12.9.